The Labute approximate surface area is 106 Å². The van der Waals surface area contributed by atoms with E-state index in [0.29, 0.717) is 32.7 Å². The van der Waals surface area contributed by atoms with Crippen molar-refractivity contribution in [2.75, 3.05) is 31.2 Å². The molecule has 1 atom stereocenters. The standard InChI is InChI=1S/C13H17F2N2O/c1-2-11(16)10-7-9(14)8-12(13(10)15)17-3-5-18-6-4-17/h7-8,11,16H,2-6H2,1H3. The van der Waals surface area contributed by atoms with Crippen LogP contribution in [0.3, 0.4) is 0 Å². The fraction of sp³-hybridized carbons (Fsp3) is 0.538. The lowest BCUT2D eigenvalue weighted by molar-refractivity contribution is 0.122. The van der Waals surface area contributed by atoms with Gasteiger partial charge in [-0.2, -0.15) is 0 Å². The van der Waals surface area contributed by atoms with E-state index in [-0.39, 0.29) is 11.3 Å². The van der Waals surface area contributed by atoms with Gasteiger partial charge < -0.3 is 9.64 Å². The van der Waals surface area contributed by atoms with Gasteiger partial charge in [-0.3, -0.25) is 0 Å². The number of rotatable bonds is 3. The van der Waals surface area contributed by atoms with Gasteiger partial charge in [-0.15, -0.1) is 0 Å². The average Bonchev–Trinajstić information content (AvgIpc) is 2.41. The normalized spacial score (nSPS) is 17.9. The van der Waals surface area contributed by atoms with Crippen LogP contribution in [0.5, 0.6) is 0 Å². The topological polar surface area (TPSA) is 36.3 Å². The lowest BCUT2D eigenvalue weighted by atomic mass is 10.0. The van der Waals surface area contributed by atoms with Crippen molar-refractivity contribution in [3.63, 3.8) is 0 Å². The van der Waals surface area contributed by atoms with E-state index in [2.05, 4.69) is 0 Å². The van der Waals surface area contributed by atoms with Crippen LogP contribution in [0.4, 0.5) is 14.5 Å². The van der Waals surface area contributed by atoms with Crippen molar-refractivity contribution in [1.82, 2.24) is 5.73 Å². The molecule has 0 bridgehead atoms. The fourth-order valence-corrected chi connectivity index (χ4v) is 2.10. The largest absolute Gasteiger partial charge is 0.378 e. The summed E-state index contributed by atoms with van der Waals surface area (Å²) in [6.45, 7) is 3.92. The lowest BCUT2D eigenvalue weighted by Crippen LogP contribution is -2.37. The van der Waals surface area contributed by atoms with E-state index >= 15 is 0 Å². The summed E-state index contributed by atoms with van der Waals surface area (Å²) >= 11 is 0. The molecule has 5 heteroatoms. The van der Waals surface area contributed by atoms with Crippen molar-refractivity contribution in [3.05, 3.63) is 29.3 Å². The van der Waals surface area contributed by atoms with Gasteiger partial charge in [0.25, 0.3) is 0 Å². The Morgan fingerprint density at radius 1 is 1.33 bits per heavy atom. The minimum Gasteiger partial charge on any atom is -0.378 e. The maximum atomic E-state index is 14.3. The molecule has 3 nitrogen and oxygen atoms in total. The van der Waals surface area contributed by atoms with E-state index in [1.807, 2.05) is 0 Å². The molecule has 1 saturated heterocycles. The van der Waals surface area contributed by atoms with E-state index in [1.165, 1.54) is 6.07 Å². The molecule has 0 spiro atoms. The Hall–Kier alpha value is -1.20. The van der Waals surface area contributed by atoms with Gasteiger partial charge in [-0.05, 0) is 12.5 Å². The number of ether oxygens (including phenoxy) is 1. The first-order valence-electron chi connectivity index (χ1n) is 6.16. The van der Waals surface area contributed by atoms with Gasteiger partial charge in [-0.1, -0.05) is 6.92 Å². The van der Waals surface area contributed by atoms with E-state index in [4.69, 9.17) is 10.5 Å². The molecule has 1 aliphatic rings. The van der Waals surface area contributed by atoms with Crippen molar-refractivity contribution >= 4 is 5.69 Å². The van der Waals surface area contributed by atoms with Crippen LogP contribution in [0.15, 0.2) is 12.1 Å². The highest BCUT2D eigenvalue weighted by Gasteiger charge is 2.21. The summed E-state index contributed by atoms with van der Waals surface area (Å²) in [5, 5.41) is 0. The van der Waals surface area contributed by atoms with Crippen LogP contribution in [0.2, 0.25) is 0 Å². The number of hydrogen-bond acceptors (Lipinski definition) is 2. The summed E-state index contributed by atoms with van der Waals surface area (Å²) < 4.78 is 33.1. The summed E-state index contributed by atoms with van der Waals surface area (Å²) in [6.07, 6.45) is 0.461. The maximum absolute atomic E-state index is 14.3. The monoisotopic (exact) mass is 255 g/mol. The molecule has 1 unspecified atom stereocenters. The van der Waals surface area contributed by atoms with Crippen LogP contribution >= 0.6 is 0 Å². The van der Waals surface area contributed by atoms with Crippen LogP contribution in [-0.4, -0.2) is 26.3 Å². The minimum atomic E-state index is -0.722. The molecule has 1 aliphatic heterocycles. The quantitative estimate of drug-likeness (QED) is 0.832. The van der Waals surface area contributed by atoms with Gasteiger partial charge in [0.1, 0.15) is 5.82 Å². The zero-order valence-corrected chi connectivity index (χ0v) is 10.4. The van der Waals surface area contributed by atoms with E-state index < -0.39 is 17.7 Å². The third kappa shape index (κ3) is 2.62. The Morgan fingerprint density at radius 2 is 2.00 bits per heavy atom. The molecule has 1 aromatic carbocycles. The molecule has 1 radical (unpaired) electrons. The van der Waals surface area contributed by atoms with Crippen molar-refractivity contribution in [2.24, 2.45) is 0 Å². The Bertz CT molecular complexity index is 420. The Morgan fingerprint density at radius 3 is 2.61 bits per heavy atom. The lowest BCUT2D eigenvalue weighted by Gasteiger charge is -2.30. The first kappa shape index (κ1) is 13.2. The molecule has 1 heterocycles. The highest BCUT2D eigenvalue weighted by atomic mass is 19.1. The van der Waals surface area contributed by atoms with Gasteiger partial charge in [0.15, 0.2) is 5.82 Å². The molecule has 99 valence electrons. The third-order valence-electron chi connectivity index (χ3n) is 3.18. The van der Waals surface area contributed by atoms with Gasteiger partial charge in [-0.25, -0.2) is 14.5 Å². The summed E-state index contributed by atoms with van der Waals surface area (Å²) in [6, 6.07) is 1.60. The van der Waals surface area contributed by atoms with Gasteiger partial charge in [0, 0.05) is 30.8 Å². The van der Waals surface area contributed by atoms with Crippen LogP contribution in [0.1, 0.15) is 24.9 Å². The second kappa shape index (κ2) is 5.63. The molecule has 0 amide bonds. The SMILES string of the molecule is CCC([NH])c1cc(F)cc(N2CCOCC2)c1F. The molecule has 18 heavy (non-hydrogen) atoms. The molecule has 1 N–H and O–H groups in total. The molecular weight excluding hydrogens is 238 g/mol. The summed E-state index contributed by atoms with van der Waals surface area (Å²) in [5.74, 6) is -0.959. The van der Waals surface area contributed by atoms with Crippen LogP contribution < -0.4 is 10.6 Å². The van der Waals surface area contributed by atoms with Crippen LogP contribution in [0.25, 0.3) is 0 Å². The fourth-order valence-electron chi connectivity index (χ4n) is 2.10. The van der Waals surface area contributed by atoms with Gasteiger partial charge in [0.2, 0.25) is 0 Å². The Balaban J connectivity index is 2.37. The second-order valence-corrected chi connectivity index (χ2v) is 4.39. The molecular formula is C13H17F2N2O. The predicted molar refractivity (Wildman–Crippen MR) is 65.5 cm³/mol. The molecule has 0 aromatic heterocycles. The zero-order chi connectivity index (χ0) is 13.1. The van der Waals surface area contributed by atoms with Gasteiger partial charge >= 0.3 is 0 Å². The first-order chi connectivity index (χ1) is 8.63. The molecule has 1 aromatic rings. The smallest absolute Gasteiger partial charge is 0.151 e. The number of morpholine rings is 1. The van der Waals surface area contributed by atoms with E-state index in [1.54, 1.807) is 11.8 Å². The summed E-state index contributed by atoms with van der Waals surface area (Å²) in [5.41, 5.74) is 8.15. The van der Waals surface area contributed by atoms with Crippen molar-refractivity contribution in [2.45, 2.75) is 19.4 Å². The summed E-state index contributed by atoms with van der Waals surface area (Å²) in [4.78, 5) is 1.77. The minimum absolute atomic E-state index is 0.138. The highest BCUT2D eigenvalue weighted by Crippen LogP contribution is 2.29. The third-order valence-corrected chi connectivity index (χ3v) is 3.18. The first-order valence-corrected chi connectivity index (χ1v) is 6.16. The van der Waals surface area contributed by atoms with Crippen molar-refractivity contribution < 1.29 is 13.5 Å². The number of benzene rings is 1. The van der Waals surface area contributed by atoms with Crippen LogP contribution in [0, 0.1) is 11.6 Å². The highest BCUT2D eigenvalue weighted by molar-refractivity contribution is 5.51. The number of nitrogens with zero attached hydrogens (tertiary/aromatic N) is 1. The van der Waals surface area contributed by atoms with Gasteiger partial charge in [0.05, 0.1) is 18.9 Å². The number of anilines is 1. The van der Waals surface area contributed by atoms with Crippen LogP contribution in [-0.2, 0) is 4.74 Å². The molecule has 1 fully saturated rings. The summed E-state index contributed by atoms with van der Waals surface area (Å²) in [7, 11) is 0. The predicted octanol–water partition coefficient (Wildman–Crippen LogP) is 2.54. The molecule has 2 rings (SSSR count). The zero-order valence-electron chi connectivity index (χ0n) is 10.4. The van der Waals surface area contributed by atoms with E-state index in [0.717, 1.165) is 6.07 Å². The number of halogens is 2. The molecule has 0 aliphatic carbocycles. The Kier molecular flexibility index (Phi) is 4.14. The maximum Gasteiger partial charge on any atom is 0.151 e. The number of nitrogens with one attached hydrogen (secondary N) is 1. The second-order valence-electron chi connectivity index (χ2n) is 4.39. The van der Waals surface area contributed by atoms with E-state index in [9.17, 15) is 8.78 Å². The average molecular weight is 255 g/mol. The van der Waals surface area contributed by atoms with Crippen molar-refractivity contribution in [1.29, 1.82) is 0 Å². The number of hydrogen-bond donors (Lipinski definition) is 0. The van der Waals surface area contributed by atoms with Crippen molar-refractivity contribution in [3.8, 4) is 0 Å². The molecule has 0 saturated carbocycles.